The minimum absolute atomic E-state index is 0.0897. The molecule has 0 aliphatic carbocycles. The highest BCUT2D eigenvalue weighted by Gasteiger charge is 2.01. The number of nitrogens with one attached hydrogen (secondary N) is 1. The lowest BCUT2D eigenvalue weighted by Gasteiger charge is -2.06. The Morgan fingerprint density at radius 2 is 2.44 bits per heavy atom. The first-order valence-corrected chi connectivity index (χ1v) is 4.94. The summed E-state index contributed by atoms with van der Waals surface area (Å²) in [6, 6.07) is 5.33. The molecule has 1 aromatic carbocycles. The van der Waals surface area contributed by atoms with Gasteiger partial charge in [-0.05, 0) is 36.0 Å². The molecule has 0 aromatic heterocycles. The number of aliphatic hydroxyl groups is 1. The summed E-state index contributed by atoms with van der Waals surface area (Å²) in [4.78, 5) is 0. The summed E-state index contributed by atoms with van der Waals surface area (Å²) >= 11 is 4.59. The van der Waals surface area contributed by atoms with Crippen LogP contribution in [0.15, 0.2) is 23.3 Å². The molecule has 0 atom stereocenters. The van der Waals surface area contributed by atoms with Gasteiger partial charge in [0.25, 0.3) is 0 Å². The molecule has 0 heterocycles. The van der Waals surface area contributed by atoms with E-state index in [0.29, 0.717) is 11.3 Å². The molecule has 0 aliphatic heterocycles. The topological polar surface area (TPSA) is 79.9 Å². The van der Waals surface area contributed by atoms with Gasteiger partial charge in [-0.1, -0.05) is 0 Å². The molecule has 16 heavy (non-hydrogen) atoms. The first-order valence-electron chi connectivity index (χ1n) is 4.53. The van der Waals surface area contributed by atoms with E-state index in [9.17, 15) is 0 Å². The molecule has 0 saturated heterocycles. The molecule has 1 rings (SSSR count). The average Bonchev–Trinajstić information content (AvgIpc) is 2.28. The number of hydrogen-bond acceptors (Lipinski definition) is 4. The highest BCUT2D eigenvalue weighted by Crippen LogP contribution is 2.18. The van der Waals surface area contributed by atoms with E-state index >= 15 is 0 Å². The summed E-state index contributed by atoms with van der Waals surface area (Å²) in [6.07, 6.45) is 1.55. The number of ether oxygens (including phenoxy) is 1. The van der Waals surface area contributed by atoms with E-state index in [4.69, 9.17) is 15.6 Å². The maximum atomic E-state index is 9.11. The Bertz CT molecular complexity index is 407. The average molecular weight is 239 g/mol. The fraction of sp³-hybridized carbons (Fsp3) is 0.200. The number of methoxy groups -OCH3 is 1. The van der Waals surface area contributed by atoms with Crippen LogP contribution in [0, 0.1) is 0 Å². The van der Waals surface area contributed by atoms with E-state index in [1.807, 2.05) is 6.07 Å². The van der Waals surface area contributed by atoms with Gasteiger partial charge in [0.15, 0.2) is 5.11 Å². The highest BCUT2D eigenvalue weighted by atomic mass is 32.1. The first-order chi connectivity index (χ1) is 7.67. The molecule has 0 aliphatic rings. The van der Waals surface area contributed by atoms with Crippen molar-refractivity contribution in [2.45, 2.75) is 6.61 Å². The largest absolute Gasteiger partial charge is 0.496 e. The minimum Gasteiger partial charge on any atom is -0.496 e. The zero-order chi connectivity index (χ0) is 12.0. The Morgan fingerprint density at radius 1 is 1.69 bits per heavy atom. The smallest absolute Gasteiger partial charge is 0.184 e. The lowest BCUT2D eigenvalue weighted by atomic mass is 10.1. The third kappa shape index (κ3) is 3.48. The molecule has 0 fully saturated rings. The quantitative estimate of drug-likeness (QED) is 0.401. The van der Waals surface area contributed by atoms with Gasteiger partial charge in [0.05, 0.1) is 19.9 Å². The van der Waals surface area contributed by atoms with Crippen molar-refractivity contribution in [3.8, 4) is 5.75 Å². The Hall–Kier alpha value is -1.66. The minimum atomic E-state index is -0.0897. The number of nitrogens with zero attached hydrogens (tertiary/aromatic N) is 1. The van der Waals surface area contributed by atoms with Gasteiger partial charge in [-0.2, -0.15) is 5.10 Å². The predicted octanol–water partition coefficient (Wildman–Crippen LogP) is 0.355. The molecule has 0 bridgehead atoms. The molecule has 6 heteroatoms. The Kier molecular flexibility index (Phi) is 4.68. The lowest BCUT2D eigenvalue weighted by Crippen LogP contribution is -2.23. The van der Waals surface area contributed by atoms with Crippen LogP contribution in [0.5, 0.6) is 5.75 Å². The normalized spacial score (nSPS) is 10.4. The van der Waals surface area contributed by atoms with E-state index in [1.165, 1.54) is 0 Å². The molecule has 0 unspecified atom stereocenters. The fourth-order valence-electron chi connectivity index (χ4n) is 1.17. The predicted molar refractivity (Wildman–Crippen MR) is 66.4 cm³/mol. The number of benzene rings is 1. The molecule has 0 saturated carbocycles. The third-order valence-electron chi connectivity index (χ3n) is 1.86. The number of hydrogen-bond donors (Lipinski definition) is 3. The van der Waals surface area contributed by atoms with Crippen molar-refractivity contribution in [3.63, 3.8) is 0 Å². The molecule has 1 aromatic rings. The van der Waals surface area contributed by atoms with Gasteiger partial charge < -0.3 is 15.6 Å². The second-order valence-corrected chi connectivity index (χ2v) is 3.40. The summed E-state index contributed by atoms with van der Waals surface area (Å²) < 4.78 is 5.07. The molecule has 5 nitrogen and oxygen atoms in total. The van der Waals surface area contributed by atoms with Crippen LogP contribution in [0.4, 0.5) is 0 Å². The van der Waals surface area contributed by atoms with E-state index in [0.717, 1.165) is 5.56 Å². The second-order valence-electron chi connectivity index (χ2n) is 2.96. The van der Waals surface area contributed by atoms with Gasteiger partial charge in [-0.25, -0.2) is 0 Å². The van der Waals surface area contributed by atoms with Gasteiger partial charge in [-0.3, -0.25) is 5.43 Å². The summed E-state index contributed by atoms with van der Waals surface area (Å²) in [5.74, 6) is 0.641. The van der Waals surface area contributed by atoms with Crippen molar-refractivity contribution in [1.29, 1.82) is 0 Å². The molecule has 0 amide bonds. The third-order valence-corrected chi connectivity index (χ3v) is 1.95. The van der Waals surface area contributed by atoms with Crippen molar-refractivity contribution in [1.82, 2.24) is 5.43 Å². The monoisotopic (exact) mass is 239 g/mol. The Labute approximate surface area is 98.9 Å². The second kappa shape index (κ2) is 6.04. The molecular formula is C10H13N3O2S. The Morgan fingerprint density at radius 3 is 3.00 bits per heavy atom. The molecular weight excluding hydrogens is 226 g/mol. The van der Waals surface area contributed by atoms with Crippen LogP contribution in [-0.4, -0.2) is 23.5 Å². The van der Waals surface area contributed by atoms with Crippen LogP contribution in [0.2, 0.25) is 0 Å². The van der Waals surface area contributed by atoms with Crippen LogP contribution in [0.3, 0.4) is 0 Å². The maximum absolute atomic E-state index is 9.11. The van der Waals surface area contributed by atoms with Gasteiger partial charge in [0.1, 0.15) is 5.75 Å². The number of nitrogens with two attached hydrogens (primary N) is 1. The number of hydrazone groups is 1. The van der Waals surface area contributed by atoms with Crippen molar-refractivity contribution in [3.05, 3.63) is 29.3 Å². The number of rotatable bonds is 4. The molecule has 0 spiro atoms. The number of aliphatic hydroxyl groups excluding tert-OH is 1. The van der Waals surface area contributed by atoms with E-state index in [1.54, 1.807) is 25.5 Å². The number of thiocarbonyl (C=S) groups is 1. The highest BCUT2D eigenvalue weighted by molar-refractivity contribution is 7.80. The van der Waals surface area contributed by atoms with Crippen LogP contribution < -0.4 is 15.9 Å². The van der Waals surface area contributed by atoms with E-state index < -0.39 is 0 Å². The zero-order valence-corrected chi connectivity index (χ0v) is 9.62. The van der Waals surface area contributed by atoms with Crippen LogP contribution >= 0.6 is 12.2 Å². The Balaban J connectivity index is 2.82. The van der Waals surface area contributed by atoms with Crippen LogP contribution in [0.1, 0.15) is 11.1 Å². The van der Waals surface area contributed by atoms with Crippen molar-refractivity contribution >= 4 is 23.5 Å². The molecule has 0 radical (unpaired) electrons. The van der Waals surface area contributed by atoms with Crippen molar-refractivity contribution in [2.24, 2.45) is 10.8 Å². The molecule has 86 valence electrons. The van der Waals surface area contributed by atoms with E-state index in [-0.39, 0.29) is 11.7 Å². The van der Waals surface area contributed by atoms with Crippen LogP contribution in [-0.2, 0) is 6.61 Å². The SMILES string of the molecule is COc1ccc(C=NNC(N)=S)cc1CO. The zero-order valence-electron chi connectivity index (χ0n) is 8.80. The molecule has 4 N–H and O–H groups in total. The first kappa shape index (κ1) is 12.4. The van der Waals surface area contributed by atoms with Gasteiger partial charge in [0.2, 0.25) is 0 Å². The van der Waals surface area contributed by atoms with Crippen molar-refractivity contribution in [2.75, 3.05) is 7.11 Å². The van der Waals surface area contributed by atoms with Crippen LogP contribution in [0.25, 0.3) is 0 Å². The summed E-state index contributed by atoms with van der Waals surface area (Å²) in [6.45, 7) is -0.0897. The standard InChI is InChI=1S/C10H13N3O2S/c1-15-9-3-2-7(4-8(9)6-14)5-12-13-10(11)16/h2-5,14H,6H2,1H3,(H3,11,13,16). The summed E-state index contributed by atoms with van der Waals surface area (Å²) in [5.41, 5.74) is 9.16. The summed E-state index contributed by atoms with van der Waals surface area (Å²) in [5, 5.41) is 13.0. The van der Waals surface area contributed by atoms with Gasteiger partial charge in [-0.15, -0.1) is 0 Å². The van der Waals surface area contributed by atoms with E-state index in [2.05, 4.69) is 22.7 Å². The fourth-order valence-corrected chi connectivity index (χ4v) is 1.23. The lowest BCUT2D eigenvalue weighted by molar-refractivity contribution is 0.274. The van der Waals surface area contributed by atoms with Crippen molar-refractivity contribution < 1.29 is 9.84 Å². The van der Waals surface area contributed by atoms with Gasteiger partial charge >= 0.3 is 0 Å². The maximum Gasteiger partial charge on any atom is 0.184 e. The van der Waals surface area contributed by atoms with Gasteiger partial charge in [0, 0.05) is 5.56 Å². The summed E-state index contributed by atoms with van der Waals surface area (Å²) in [7, 11) is 1.55.